The third kappa shape index (κ3) is 4.08. The first kappa shape index (κ1) is 20.8. The van der Waals surface area contributed by atoms with Gasteiger partial charge in [0.05, 0.1) is 11.0 Å². The number of hydrogen-bond acceptors (Lipinski definition) is 5. The number of carboxylic acid groups (broad SMARTS) is 1. The molecule has 1 aliphatic carbocycles. The molecule has 0 bridgehead atoms. The lowest BCUT2D eigenvalue weighted by molar-refractivity contribution is -0.137. The Balaban J connectivity index is 1.51. The number of aryl methyl sites for hydroxylation is 1. The Morgan fingerprint density at radius 1 is 1.13 bits per heavy atom. The molecule has 0 aromatic heterocycles. The van der Waals surface area contributed by atoms with Crippen LogP contribution in [0.5, 0.6) is 5.75 Å². The van der Waals surface area contributed by atoms with E-state index in [0.29, 0.717) is 19.3 Å². The van der Waals surface area contributed by atoms with E-state index < -0.39 is 22.1 Å². The zero-order valence-electron chi connectivity index (χ0n) is 16.4. The highest BCUT2D eigenvalue weighted by Gasteiger charge is 2.50. The molecule has 0 amide bonds. The van der Waals surface area contributed by atoms with Crippen molar-refractivity contribution in [3.05, 3.63) is 59.7 Å². The van der Waals surface area contributed by atoms with Crippen LogP contribution in [-0.4, -0.2) is 43.4 Å². The number of fused-ring (bicyclic) bond motifs is 3. The molecule has 4 unspecified atom stereocenters. The van der Waals surface area contributed by atoms with Gasteiger partial charge < -0.3 is 14.9 Å². The number of aliphatic carboxylic acids is 1. The van der Waals surface area contributed by atoms with Gasteiger partial charge in [-0.05, 0) is 30.5 Å². The summed E-state index contributed by atoms with van der Waals surface area (Å²) in [6.45, 7) is 0.117. The zero-order valence-corrected chi connectivity index (χ0v) is 17.2. The van der Waals surface area contributed by atoms with Crippen molar-refractivity contribution in [3.63, 3.8) is 0 Å². The number of rotatable bonds is 8. The molecule has 4 rings (SSSR count). The highest BCUT2D eigenvalue weighted by atomic mass is 32.2. The Bertz CT molecular complexity index is 1020. The van der Waals surface area contributed by atoms with Gasteiger partial charge in [-0.3, -0.25) is 4.79 Å². The number of carbonyl (C=O) groups is 1. The lowest BCUT2D eigenvalue weighted by Gasteiger charge is -2.21. The van der Waals surface area contributed by atoms with Crippen molar-refractivity contribution in [1.29, 1.82) is 0 Å². The Morgan fingerprint density at radius 2 is 1.90 bits per heavy atom. The standard InChI is InChI=1S/C22H25NO6S/c24-18-12-19-21(17(18)13-23-30(27,28)15-8-2-1-3-9-15)16-10-4-6-14(22(16)29-19)7-5-11-20(25)26/h1-4,6,8-10,17-19,21,23-24H,5,7,11-13H2,(H,25,26). The molecule has 0 radical (unpaired) electrons. The Hall–Kier alpha value is -2.42. The van der Waals surface area contributed by atoms with Gasteiger partial charge in [-0.15, -0.1) is 0 Å². The summed E-state index contributed by atoms with van der Waals surface area (Å²) < 4.78 is 34.0. The molecule has 2 aromatic carbocycles. The fourth-order valence-corrected chi connectivity index (χ4v) is 5.66. The molecule has 1 saturated carbocycles. The molecule has 1 aliphatic heterocycles. The summed E-state index contributed by atoms with van der Waals surface area (Å²) in [6, 6.07) is 14.0. The minimum atomic E-state index is -3.66. The molecular weight excluding hydrogens is 406 g/mol. The van der Waals surface area contributed by atoms with Crippen LogP contribution < -0.4 is 9.46 Å². The smallest absolute Gasteiger partial charge is 0.303 e. The number of sulfonamides is 1. The van der Waals surface area contributed by atoms with E-state index in [0.717, 1.165) is 16.9 Å². The van der Waals surface area contributed by atoms with Gasteiger partial charge in [0.2, 0.25) is 10.0 Å². The molecule has 0 saturated heterocycles. The number of aliphatic hydroxyl groups is 1. The van der Waals surface area contributed by atoms with E-state index >= 15 is 0 Å². The van der Waals surface area contributed by atoms with Crippen LogP contribution in [0.4, 0.5) is 0 Å². The van der Waals surface area contributed by atoms with Crippen LogP contribution in [0.2, 0.25) is 0 Å². The zero-order chi connectivity index (χ0) is 21.3. The Kier molecular flexibility index (Phi) is 5.81. The fraction of sp³-hybridized carbons (Fsp3) is 0.409. The number of para-hydroxylation sites is 1. The van der Waals surface area contributed by atoms with Gasteiger partial charge in [0.25, 0.3) is 0 Å². The molecule has 2 aromatic rings. The topological polar surface area (TPSA) is 113 Å². The molecule has 7 nitrogen and oxygen atoms in total. The van der Waals surface area contributed by atoms with Crippen molar-refractivity contribution in [2.45, 2.75) is 48.7 Å². The van der Waals surface area contributed by atoms with Gasteiger partial charge in [-0.25, -0.2) is 13.1 Å². The molecule has 4 atom stereocenters. The van der Waals surface area contributed by atoms with Crippen molar-refractivity contribution in [2.24, 2.45) is 5.92 Å². The predicted octanol–water partition coefficient (Wildman–Crippen LogP) is 2.30. The van der Waals surface area contributed by atoms with E-state index in [-0.39, 0.29) is 35.8 Å². The average molecular weight is 432 g/mol. The lowest BCUT2D eigenvalue weighted by Crippen LogP contribution is -2.34. The summed E-state index contributed by atoms with van der Waals surface area (Å²) in [4.78, 5) is 11.0. The van der Waals surface area contributed by atoms with E-state index in [2.05, 4.69) is 4.72 Å². The lowest BCUT2D eigenvalue weighted by atomic mass is 9.87. The van der Waals surface area contributed by atoms with E-state index in [1.54, 1.807) is 18.2 Å². The van der Waals surface area contributed by atoms with Crippen LogP contribution in [-0.2, 0) is 21.2 Å². The number of benzene rings is 2. The van der Waals surface area contributed by atoms with Gasteiger partial charge in [0.1, 0.15) is 11.9 Å². The first-order valence-electron chi connectivity index (χ1n) is 10.1. The number of carboxylic acids is 1. The second-order valence-corrected chi connectivity index (χ2v) is 9.66. The van der Waals surface area contributed by atoms with Crippen LogP contribution >= 0.6 is 0 Å². The number of aliphatic hydroxyl groups excluding tert-OH is 1. The largest absolute Gasteiger partial charge is 0.489 e. The van der Waals surface area contributed by atoms with Crippen molar-refractivity contribution in [2.75, 3.05) is 6.54 Å². The number of ether oxygens (including phenoxy) is 1. The summed E-state index contributed by atoms with van der Waals surface area (Å²) >= 11 is 0. The summed E-state index contributed by atoms with van der Waals surface area (Å²) in [5, 5.41) is 19.5. The number of hydrogen-bond donors (Lipinski definition) is 3. The quantitative estimate of drug-likeness (QED) is 0.591. The molecule has 1 fully saturated rings. The molecular formula is C22H25NO6S. The van der Waals surface area contributed by atoms with E-state index in [4.69, 9.17) is 9.84 Å². The van der Waals surface area contributed by atoms with Crippen molar-refractivity contribution in [1.82, 2.24) is 4.72 Å². The van der Waals surface area contributed by atoms with Crippen molar-refractivity contribution in [3.8, 4) is 5.75 Å². The van der Waals surface area contributed by atoms with Gasteiger partial charge in [-0.2, -0.15) is 0 Å². The summed E-state index contributed by atoms with van der Waals surface area (Å²) in [5.74, 6) is -0.466. The highest BCUT2D eigenvalue weighted by molar-refractivity contribution is 7.89. The van der Waals surface area contributed by atoms with Gasteiger partial charge in [0, 0.05) is 36.8 Å². The average Bonchev–Trinajstić information content (AvgIpc) is 3.22. The van der Waals surface area contributed by atoms with Crippen molar-refractivity contribution < 1.29 is 28.2 Å². The third-order valence-electron chi connectivity index (χ3n) is 5.98. The molecule has 8 heteroatoms. The van der Waals surface area contributed by atoms with Gasteiger partial charge in [0.15, 0.2) is 0 Å². The van der Waals surface area contributed by atoms with E-state index in [1.165, 1.54) is 12.1 Å². The molecule has 1 heterocycles. The monoisotopic (exact) mass is 431 g/mol. The van der Waals surface area contributed by atoms with Crippen molar-refractivity contribution >= 4 is 16.0 Å². The molecule has 3 N–H and O–H groups in total. The first-order chi connectivity index (χ1) is 14.4. The van der Waals surface area contributed by atoms with Gasteiger partial charge in [-0.1, -0.05) is 36.4 Å². The summed E-state index contributed by atoms with van der Waals surface area (Å²) in [5.41, 5.74) is 1.93. The summed E-state index contributed by atoms with van der Waals surface area (Å²) in [6.07, 6.45) is 0.783. The highest BCUT2D eigenvalue weighted by Crippen LogP contribution is 2.51. The molecule has 2 aliphatic rings. The van der Waals surface area contributed by atoms with Crippen LogP contribution in [0.15, 0.2) is 53.4 Å². The SMILES string of the molecule is O=C(O)CCCc1cccc2c1OC1CC(O)C(CNS(=O)(=O)c3ccccc3)C21. The molecule has 0 spiro atoms. The Labute approximate surface area is 175 Å². The van der Waals surface area contributed by atoms with Crippen LogP contribution in [0, 0.1) is 5.92 Å². The Morgan fingerprint density at radius 3 is 2.63 bits per heavy atom. The molecule has 30 heavy (non-hydrogen) atoms. The first-order valence-corrected chi connectivity index (χ1v) is 11.6. The van der Waals surface area contributed by atoms with E-state index in [1.807, 2.05) is 18.2 Å². The third-order valence-corrected chi connectivity index (χ3v) is 7.42. The van der Waals surface area contributed by atoms with Crippen LogP contribution in [0.1, 0.15) is 36.3 Å². The normalized spacial score (nSPS) is 24.8. The maximum Gasteiger partial charge on any atom is 0.303 e. The van der Waals surface area contributed by atoms with Crippen LogP contribution in [0.25, 0.3) is 0 Å². The van der Waals surface area contributed by atoms with Gasteiger partial charge >= 0.3 is 5.97 Å². The molecule has 160 valence electrons. The second kappa shape index (κ2) is 8.37. The fourth-order valence-electron chi connectivity index (χ4n) is 4.57. The second-order valence-electron chi connectivity index (χ2n) is 7.90. The minimum Gasteiger partial charge on any atom is -0.489 e. The number of nitrogens with one attached hydrogen (secondary N) is 1. The van der Waals surface area contributed by atoms with E-state index in [9.17, 15) is 18.3 Å². The van der Waals surface area contributed by atoms with Crippen LogP contribution in [0.3, 0.4) is 0 Å². The minimum absolute atomic E-state index is 0.0964. The maximum absolute atomic E-state index is 12.6. The maximum atomic E-state index is 12.6. The summed E-state index contributed by atoms with van der Waals surface area (Å²) in [7, 11) is -3.66. The predicted molar refractivity (Wildman–Crippen MR) is 110 cm³/mol.